The van der Waals surface area contributed by atoms with Crippen molar-refractivity contribution < 1.29 is 4.42 Å². The van der Waals surface area contributed by atoms with Crippen molar-refractivity contribution in [3.05, 3.63) is 176 Å². The van der Waals surface area contributed by atoms with Crippen LogP contribution in [0, 0.1) is 0 Å². The van der Waals surface area contributed by atoms with Crippen LogP contribution in [-0.2, 0) is 0 Å². The predicted octanol–water partition coefficient (Wildman–Crippen LogP) is 13.1. The molecule has 2 heteroatoms. The molecule has 0 fully saturated rings. The fraction of sp³-hybridized carbons (Fsp3) is 0. The van der Waals surface area contributed by atoms with Crippen LogP contribution in [0.5, 0.6) is 0 Å². The molecule has 2 nitrogen and oxygen atoms in total. The molecule has 10 rings (SSSR count). The van der Waals surface area contributed by atoms with Crippen LogP contribution in [0.25, 0.3) is 98.9 Å². The summed E-state index contributed by atoms with van der Waals surface area (Å²) in [5.74, 6) is 0. The first kappa shape index (κ1) is 27.6. The summed E-state index contributed by atoms with van der Waals surface area (Å²) in [5.41, 5.74) is 11.0. The third-order valence-electron chi connectivity index (χ3n) is 9.92. The maximum atomic E-state index is 6.34. The van der Waals surface area contributed by atoms with Crippen molar-refractivity contribution in [3.63, 3.8) is 0 Å². The van der Waals surface area contributed by atoms with E-state index in [1.165, 1.54) is 43.6 Å². The largest absolute Gasteiger partial charge is 0.455 e. The van der Waals surface area contributed by atoms with Crippen LogP contribution in [-0.4, -0.2) is 4.98 Å². The van der Waals surface area contributed by atoms with Crippen molar-refractivity contribution in [1.82, 2.24) is 4.98 Å². The molecule has 0 amide bonds. The Bertz CT molecular complexity index is 2790. The summed E-state index contributed by atoms with van der Waals surface area (Å²) in [6.45, 7) is 0. The number of benzene rings is 8. The maximum absolute atomic E-state index is 6.34. The van der Waals surface area contributed by atoms with E-state index in [1.54, 1.807) is 0 Å². The molecule has 0 atom stereocenters. The molecule has 0 spiro atoms. The van der Waals surface area contributed by atoms with Crippen LogP contribution in [0.4, 0.5) is 0 Å². The third-order valence-corrected chi connectivity index (χ3v) is 9.92. The van der Waals surface area contributed by atoms with Crippen LogP contribution >= 0.6 is 0 Å². The van der Waals surface area contributed by atoms with Gasteiger partial charge in [0.2, 0.25) is 0 Å². The summed E-state index contributed by atoms with van der Waals surface area (Å²) in [6.07, 6.45) is 2.03. The minimum Gasteiger partial charge on any atom is -0.455 e. The third kappa shape index (κ3) is 4.46. The zero-order valence-corrected chi connectivity index (χ0v) is 26.6. The van der Waals surface area contributed by atoms with Crippen molar-refractivity contribution >= 4 is 54.3 Å². The van der Waals surface area contributed by atoms with Gasteiger partial charge in [-0.25, -0.2) is 0 Å². The number of pyridine rings is 1. The standard InChI is InChI=1S/C47H29NO/c1-2-11-33(12-3-1)45-37-14-6-8-16-39(37)46(40-17-9-7-15-38(40)45)35-23-26-43(48-29-35)32-20-18-30(19-21-32)34-24-27-44-42(28-34)41-25-22-31-10-4-5-13-36(31)47(41)49-44/h1-29H. The van der Waals surface area contributed by atoms with Crippen molar-refractivity contribution in [1.29, 1.82) is 0 Å². The van der Waals surface area contributed by atoms with E-state index in [0.29, 0.717) is 0 Å². The first-order valence-corrected chi connectivity index (χ1v) is 16.7. The Morgan fingerprint density at radius 2 is 0.918 bits per heavy atom. The lowest BCUT2D eigenvalue weighted by Gasteiger charge is -2.17. The zero-order chi connectivity index (χ0) is 32.3. The molecule has 8 aromatic carbocycles. The highest BCUT2D eigenvalue weighted by atomic mass is 16.3. The van der Waals surface area contributed by atoms with Gasteiger partial charge in [-0.05, 0) is 79.0 Å². The average molecular weight is 624 g/mol. The van der Waals surface area contributed by atoms with Crippen LogP contribution in [0.15, 0.2) is 180 Å². The maximum Gasteiger partial charge on any atom is 0.143 e. The van der Waals surface area contributed by atoms with E-state index < -0.39 is 0 Å². The van der Waals surface area contributed by atoms with Gasteiger partial charge in [-0.2, -0.15) is 0 Å². The lowest BCUT2D eigenvalue weighted by atomic mass is 9.86. The molecule has 2 aromatic heterocycles. The van der Waals surface area contributed by atoms with Crippen molar-refractivity contribution in [2.24, 2.45) is 0 Å². The van der Waals surface area contributed by atoms with Gasteiger partial charge in [0.05, 0.1) is 5.69 Å². The second kappa shape index (κ2) is 11.0. The Morgan fingerprint density at radius 1 is 0.347 bits per heavy atom. The van der Waals surface area contributed by atoms with Gasteiger partial charge >= 0.3 is 0 Å². The Morgan fingerprint density at radius 3 is 1.59 bits per heavy atom. The van der Waals surface area contributed by atoms with Gasteiger partial charge in [-0.3, -0.25) is 4.98 Å². The number of rotatable bonds is 4. The number of hydrogen-bond donors (Lipinski definition) is 0. The molecule has 49 heavy (non-hydrogen) atoms. The fourth-order valence-corrected chi connectivity index (χ4v) is 7.59. The predicted molar refractivity (Wildman–Crippen MR) is 206 cm³/mol. The molecule has 228 valence electrons. The number of aromatic nitrogens is 1. The second-order valence-corrected chi connectivity index (χ2v) is 12.7. The lowest BCUT2D eigenvalue weighted by molar-refractivity contribution is 0.672. The van der Waals surface area contributed by atoms with E-state index in [4.69, 9.17) is 9.40 Å². The van der Waals surface area contributed by atoms with E-state index >= 15 is 0 Å². The zero-order valence-electron chi connectivity index (χ0n) is 26.6. The highest BCUT2D eigenvalue weighted by molar-refractivity contribution is 6.21. The van der Waals surface area contributed by atoms with Gasteiger partial charge in [0.25, 0.3) is 0 Å². The van der Waals surface area contributed by atoms with Gasteiger partial charge < -0.3 is 4.42 Å². The van der Waals surface area contributed by atoms with E-state index in [0.717, 1.165) is 55.3 Å². The van der Waals surface area contributed by atoms with Gasteiger partial charge in [-0.15, -0.1) is 0 Å². The number of nitrogens with zero attached hydrogens (tertiary/aromatic N) is 1. The molecule has 0 N–H and O–H groups in total. The second-order valence-electron chi connectivity index (χ2n) is 12.7. The average Bonchev–Trinajstić information content (AvgIpc) is 3.56. The van der Waals surface area contributed by atoms with E-state index in [1.807, 2.05) is 6.20 Å². The Balaban J connectivity index is 1.02. The molecular formula is C47H29NO. The first-order valence-electron chi connectivity index (χ1n) is 16.7. The van der Waals surface area contributed by atoms with Crippen LogP contribution < -0.4 is 0 Å². The monoisotopic (exact) mass is 623 g/mol. The summed E-state index contributed by atoms with van der Waals surface area (Å²) < 4.78 is 6.34. The van der Waals surface area contributed by atoms with Gasteiger partial charge in [0.1, 0.15) is 11.2 Å². The summed E-state index contributed by atoms with van der Waals surface area (Å²) in [6, 6.07) is 60.5. The number of hydrogen-bond acceptors (Lipinski definition) is 2. The van der Waals surface area contributed by atoms with E-state index in [-0.39, 0.29) is 0 Å². The highest BCUT2D eigenvalue weighted by Gasteiger charge is 2.17. The summed E-state index contributed by atoms with van der Waals surface area (Å²) in [4.78, 5) is 5.00. The Kier molecular flexibility index (Phi) is 6.22. The summed E-state index contributed by atoms with van der Waals surface area (Å²) in [5, 5.41) is 9.57. The normalized spacial score (nSPS) is 11.7. The van der Waals surface area contributed by atoms with Crippen LogP contribution in [0.3, 0.4) is 0 Å². The number of furan rings is 1. The SMILES string of the molecule is c1ccc(-c2c3ccccc3c(-c3ccc(-c4ccc(-c5ccc6oc7c8ccccc8ccc7c6c5)cc4)nc3)c3ccccc23)cc1. The molecule has 10 aromatic rings. The molecule has 0 unspecified atom stereocenters. The van der Waals surface area contributed by atoms with Crippen molar-refractivity contribution in [2.75, 3.05) is 0 Å². The highest BCUT2D eigenvalue weighted by Crippen LogP contribution is 2.43. The van der Waals surface area contributed by atoms with Gasteiger partial charge in [-0.1, -0.05) is 146 Å². The molecule has 0 radical (unpaired) electrons. The Hall–Kier alpha value is -6.51. The smallest absolute Gasteiger partial charge is 0.143 e. The molecule has 0 aliphatic heterocycles. The molecular weight excluding hydrogens is 595 g/mol. The fourth-order valence-electron chi connectivity index (χ4n) is 7.59. The quantitative estimate of drug-likeness (QED) is 0.182. The van der Waals surface area contributed by atoms with Crippen molar-refractivity contribution in [3.8, 4) is 44.6 Å². The molecule has 0 aliphatic rings. The molecule has 0 saturated heterocycles. The molecule has 0 bridgehead atoms. The van der Waals surface area contributed by atoms with Gasteiger partial charge in [0.15, 0.2) is 0 Å². The summed E-state index contributed by atoms with van der Waals surface area (Å²) in [7, 11) is 0. The summed E-state index contributed by atoms with van der Waals surface area (Å²) >= 11 is 0. The van der Waals surface area contributed by atoms with Gasteiger partial charge in [0, 0.05) is 33.5 Å². The van der Waals surface area contributed by atoms with Crippen molar-refractivity contribution in [2.45, 2.75) is 0 Å². The minimum atomic E-state index is 0.909. The van der Waals surface area contributed by atoms with Crippen LogP contribution in [0.1, 0.15) is 0 Å². The van der Waals surface area contributed by atoms with Crippen LogP contribution in [0.2, 0.25) is 0 Å². The number of fused-ring (bicyclic) bond motifs is 7. The Labute approximate surface area is 283 Å². The van der Waals surface area contributed by atoms with E-state index in [2.05, 4.69) is 170 Å². The lowest BCUT2D eigenvalue weighted by Crippen LogP contribution is -1.92. The van der Waals surface area contributed by atoms with E-state index in [9.17, 15) is 0 Å². The molecule has 0 aliphatic carbocycles. The first-order chi connectivity index (χ1) is 24.3. The molecule has 2 heterocycles. The minimum absolute atomic E-state index is 0.909. The topological polar surface area (TPSA) is 26.0 Å². The molecule has 0 saturated carbocycles.